The van der Waals surface area contributed by atoms with E-state index in [0.717, 1.165) is 35.4 Å². The Hall–Kier alpha value is -2.74. The number of rotatable bonds is 4. The van der Waals surface area contributed by atoms with Crippen LogP contribution in [0, 0.1) is 6.92 Å². The Morgan fingerprint density at radius 1 is 1.33 bits per heavy atom. The van der Waals surface area contributed by atoms with Crippen LogP contribution >= 0.6 is 11.6 Å². The van der Waals surface area contributed by atoms with Gasteiger partial charge in [-0.2, -0.15) is 5.10 Å². The molecule has 6 nitrogen and oxygen atoms in total. The second kappa shape index (κ2) is 6.38. The van der Waals surface area contributed by atoms with Crippen LogP contribution in [0.2, 0.25) is 0 Å². The summed E-state index contributed by atoms with van der Waals surface area (Å²) in [7, 11) is 0. The van der Waals surface area contributed by atoms with Crippen molar-refractivity contribution in [3.63, 3.8) is 0 Å². The van der Waals surface area contributed by atoms with E-state index < -0.39 is 5.92 Å². The molecule has 3 atom stereocenters. The number of halogens is 3. The molecule has 2 aromatic rings. The average molecular weight is 432 g/mol. The van der Waals surface area contributed by atoms with Gasteiger partial charge in [0.05, 0.1) is 23.8 Å². The lowest BCUT2D eigenvalue weighted by Gasteiger charge is -2.25. The first-order valence-electron chi connectivity index (χ1n) is 9.70. The Morgan fingerprint density at radius 2 is 2.10 bits per heavy atom. The molecule has 2 aromatic heterocycles. The summed E-state index contributed by atoms with van der Waals surface area (Å²) in [6.45, 7) is 5.19. The van der Waals surface area contributed by atoms with Gasteiger partial charge in [0.1, 0.15) is 5.50 Å². The van der Waals surface area contributed by atoms with Gasteiger partial charge < -0.3 is 9.80 Å². The number of hydrogen-bond acceptors (Lipinski definition) is 4. The van der Waals surface area contributed by atoms with Crippen LogP contribution in [0.4, 0.5) is 8.78 Å². The van der Waals surface area contributed by atoms with Gasteiger partial charge in [0.25, 0.3) is 11.8 Å². The van der Waals surface area contributed by atoms with Gasteiger partial charge in [-0.3, -0.25) is 4.79 Å². The van der Waals surface area contributed by atoms with Gasteiger partial charge in [-0.15, -0.1) is 0 Å². The molecular formula is C21H20ClF2N5O. The molecule has 1 fully saturated rings. The standard InChI is InChI=1S/C21H20ClF2N5O/c1-11-6-13(7-25-19(11)29-9-14(8-26-29)21(3,23)24)12(2)28-10-16-15(20(28)30)4-5-27-17(16)18(27)22/h4-9,12,17-18H,10H2,1-3H3/t12?,17-,18?,27?/m1/s1. The summed E-state index contributed by atoms with van der Waals surface area (Å²) in [4.78, 5) is 21.2. The highest BCUT2D eigenvalue weighted by atomic mass is 35.5. The van der Waals surface area contributed by atoms with E-state index in [4.69, 9.17) is 11.6 Å². The van der Waals surface area contributed by atoms with Crippen molar-refractivity contribution in [1.29, 1.82) is 0 Å². The number of aromatic nitrogens is 3. The summed E-state index contributed by atoms with van der Waals surface area (Å²) >= 11 is 6.29. The van der Waals surface area contributed by atoms with Crippen LogP contribution in [0.1, 0.15) is 36.6 Å². The van der Waals surface area contributed by atoms with Crippen LogP contribution < -0.4 is 0 Å². The SMILES string of the molecule is Cc1cc(C(C)N2CC3=C(C=CN4C(Cl)[C@@H]34)C2=O)cnc1-n1cc(C(C)(F)F)cn1. The van der Waals surface area contributed by atoms with Gasteiger partial charge >= 0.3 is 0 Å². The van der Waals surface area contributed by atoms with Crippen LogP contribution in [-0.4, -0.2) is 48.6 Å². The molecule has 30 heavy (non-hydrogen) atoms. The predicted octanol–water partition coefficient (Wildman–Crippen LogP) is 3.66. The van der Waals surface area contributed by atoms with E-state index in [9.17, 15) is 13.6 Å². The van der Waals surface area contributed by atoms with Gasteiger partial charge in [-0.05, 0) is 42.7 Å². The van der Waals surface area contributed by atoms with Crippen molar-refractivity contribution in [3.8, 4) is 5.82 Å². The molecule has 9 heteroatoms. The monoisotopic (exact) mass is 431 g/mol. The van der Waals surface area contributed by atoms with E-state index in [1.807, 2.05) is 42.0 Å². The second-order valence-corrected chi connectivity index (χ2v) is 8.55. The van der Waals surface area contributed by atoms with E-state index >= 15 is 0 Å². The van der Waals surface area contributed by atoms with Gasteiger partial charge in [-0.25, -0.2) is 18.4 Å². The first kappa shape index (κ1) is 19.2. The lowest BCUT2D eigenvalue weighted by molar-refractivity contribution is -0.127. The molecule has 5 heterocycles. The van der Waals surface area contributed by atoms with Crippen LogP contribution in [0.25, 0.3) is 5.82 Å². The number of carbonyl (C=O) groups excluding carboxylic acids is 1. The predicted molar refractivity (Wildman–Crippen MR) is 107 cm³/mol. The summed E-state index contributed by atoms with van der Waals surface area (Å²) in [5.41, 5.74) is 3.22. The van der Waals surface area contributed by atoms with Gasteiger partial charge in [0.2, 0.25) is 0 Å². The summed E-state index contributed by atoms with van der Waals surface area (Å²) < 4.78 is 28.4. The van der Waals surface area contributed by atoms with Crippen LogP contribution in [0.3, 0.4) is 0 Å². The molecule has 0 aliphatic carbocycles. The third kappa shape index (κ3) is 2.85. The number of amides is 1. The maximum absolute atomic E-state index is 13.5. The van der Waals surface area contributed by atoms with Crippen molar-refractivity contribution in [2.45, 2.75) is 44.3 Å². The largest absolute Gasteiger partial charge is 0.349 e. The van der Waals surface area contributed by atoms with E-state index in [1.54, 1.807) is 6.20 Å². The maximum Gasteiger partial charge on any atom is 0.273 e. The fraction of sp³-hybridized carbons (Fsp3) is 0.381. The molecule has 0 aromatic carbocycles. The smallest absolute Gasteiger partial charge is 0.273 e. The summed E-state index contributed by atoms with van der Waals surface area (Å²) in [6.07, 6.45) is 7.83. The van der Waals surface area contributed by atoms with Gasteiger partial charge in [0.15, 0.2) is 5.82 Å². The van der Waals surface area contributed by atoms with E-state index in [1.165, 1.54) is 10.9 Å². The summed E-state index contributed by atoms with van der Waals surface area (Å²) in [5.74, 6) is -2.49. The zero-order valence-electron chi connectivity index (χ0n) is 16.7. The second-order valence-electron chi connectivity index (χ2n) is 8.10. The number of nitrogens with zero attached hydrogens (tertiary/aromatic N) is 5. The highest BCUT2D eigenvalue weighted by Crippen LogP contribution is 2.46. The number of carbonyl (C=O) groups is 1. The Labute approximate surface area is 177 Å². The van der Waals surface area contributed by atoms with E-state index in [2.05, 4.69) is 10.1 Å². The molecule has 1 saturated heterocycles. The zero-order chi connectivity index (χ0) is 21.4. The number of alkyl halides is 3. The quantitative estimate of drug-likeness (QED) is 0.421. The Balaban J connectivity index is 1.38. The van der Waals surface area contributed by atoms with Crippen LogP contribution in [0.15, 0.2) is 48.1 Å². The molecule has 1 amide bonds. The minimum Gasteiger partial charge on any atom is -0.349 e. The van der Waals surface area contributed by atoms with Gasteiger partial charge in [-0.1, -0.05) is 11.6 Å². The molecular weight excluding hydrogens is 412 g/mol. The molecule has 156 valence electrons. The first-order valence-corrected chi connectivity index (χ1v) is 10.1. The molecule has 0 bridgehead atoms. The highest BCUT2D eigenvalue weighted by molar-refractivity contribution is 6.23. The molecule has 5 rings (SSSR count). The zero-order valence-corrected chi connectivity index (χ0v) is 17.4. The summed E-state index contributed by atoms with van der Waals surface area (Å²) in [6, 6.07) is 1.85. The molecule has 0 radical (unpaired) electrons. The van der Waals surface area contributed by atoms with Gasteiger partial charge in [0, 0.05) is 37.6 Å². The highest BCUT2D eigenvalue weighted by Gasteiger charge is 2.52. The molecule has 2 unspecified atom stereocenters. The van der Waals surface area contributed by atoms with E-state index in [-0.39, 0.29) is 29.1 Å². The topological polar surface area (TPSA) is 54.0 Å². The average Bonchev–Trinajstić information content (AvgIpc) is 3.06. The van der Waals surface area contributed by atoms with Crippen molar-refractivity contribution in [3.05, 3.63) is 64.8 Å². The molecule has 0 N–H and O–H groups in total. The van der Waals surface area contributed by atoms with Crippen molar-refractivity contribution in [1.82, 2.24) is 24.6 Å². The Kier molecular flexibility index (Phi) is 4.09. The third-order valence-corrected chi connectivity index (χ3v) is 6.52. The number of fused-ring (bicyclic) bond motifs is 2. The van der Waals surface area contributed by atoms with Crippen molar-refractivity contribution >= 4 is 17.5 Å². The van der Waals surface area contributed by atoms with Crippen molar-refractivity contribution in [2.24, 2.45) is 0 Å². The van der Waals surface area contributed by atoms with Crippen molar-refractivity contribution in [2.75, 3.05) is 6.54 Å². The molecule has 0 saturated carbocycles. The third-order valence-electron chi connectivity index (χ3n) is 6.05. The molecule has 3 aliphatic rings. The lowest BCUT2D eigenvalue weighted by Crippen LogP contribution is -2.30. The fourth-order valence-corrected chi connectivity index (χ4v) is 4.58. The fourth-order valence-electron chi connectivity index (χ4n) is 4.18. The van der Waals surface area contributed by atoms with E-state index in [0.29, 0.717) is 12.4 Å². The Morgan fingerprint density at radius 3 is 2.77 bits per heavy atom. The molecule has 3 aliphatic heterocycles. The summed E-state index contributed by atoms with van der Waals surface area (Å²) in [5, 5.41) is 4.02. The number of aryl methyl sites for hydroxylation is 1. The Bertz CT molecular complexity index is 1120. The number of pyridine rings is 1. The minimum atomic E-state index is -2.96. The van der Waals surface area contributed by atoms with Crippen molar-refractivity contribution < 1.29 is 13.6 Å². The lowest BCUT2D eigenvalue weighted by atomic mass is 10.1. The van der Waals surface area contributed by atoms with Crippen LogP contribution in [-0.2, 0) is 10.7 Å². The first-order chi connectivity index (χ1) is 14.2. The maximum atomic E-state index is 13.5. The number of hydrogen-bond donors (Lipinski definition) is 0. The van der Waals surface area contributed by atoms with Crippen LogP contribution in [0.5, 0.6) is 0 Å². The molecule has 0 spiro atoms. The normalized spacial score (nSPS) is 23.7. The minimum absolute atomic E-state index is 0.00667.